The van der Waals surface area contributed by atoms with Crippen LogP contribution in [0.25, 0.3) is 21.5 Å². The maximum Gasteiger partial charge on any atom is 0.0562 e. The van der Waals surface area contributed by atoms with Crippen molar-refractivity contribution in [1.82, 2.24) is 5.32 Å². The van der Waals surface area contributed by atoms with Gasteiger partial charge in [-0.05, 0) is 29.3 Å². The molecular weight excluding hydrogens is 278 g/mol. The van der Waals surface area contributed by atoms with Crippen LogP contribution in [0.3, 0.4) is 0 Å². The number of rotatable bonds is 5. The zero-order valence-corrected chi connectivity index (χ0v) is 13.1. The summed E-state index contributed by atoms with van der Waals surface area (Å²) in [4.78, 5) is 0. The molecule has 3 rings (SSSR count). The van der Waals surface area contributed by atoms with E-state index in [0.717, 1.165) is 28.9 Å². The van der Waals surface area contributed by atoms with Gasteiger partial charge in [-0.3, -0.25) is 0 Å². The van der Waals surface area contributed by atoms with Gasteiger partial charge in [0.2, 0.25) is 0 Å². The lowest BCUT2D eigenvalue weighted by Crippen LogP contribution is -2.15. The summed E-state index contributed by atoms with van der Waals surface area (Å²) < 4.78 is 0. The predicted octanol–water partition coefficient (Wildman–Crippen LogP) is 5.54. The Labute approximate surface area is 130 Å². The molecule has 3 aromatic rings. The molecule has 0 spiro atoms. The molecule has 0 bridgehead atoms. The second kappa shape index (κ2) is 6.46. The van der Waals surface area contributed by atoms with Crippen LogP contribution in [-0.4, -0.2) is 6.54 Å². The predicted molar refractivity (Wildman–Crippen MR) is 93.1 cm³/mol. The lowest BCUT2D eigenvalue weighted by atomic mass is 9.96. The van der Waals surface area contributed by atoms with Gasteiger partial charge in [0, 0.05) is 17.3 Å². The third kappa shape index (κ3) is 2.76. The minimum absolute atomic E-state index is 0.860. The fraction of sp³-hybridized carbons (Fsp3) is 0.263. The van der Waals surface area contributed by atoms with Gasteiger partial charge in [0.1, 0.15) is 0 Å². The van der Waals surface area contributed by atoms with E-state index < -0.39 is 0 Å². The van der Waals surface area contributed by atoms with Crippen molar-refractivity contribution in [1.29, 1.82) is 0 Å². The summed E-state index contributed by atoms with van der Waals surface area (Å²) in [5, 5.41) is 9.22. The van der Waals surface area contributed by atoms with E-state index in [9.17, 15) is 0 Å². The molecule has 108 valence electrons. The highest BCUT2D eigenvalue weighted by atomic mass is 35.5. The fourth-order valence-corrected chi connectivity index (χ4v) is 3.20. The Bertz CT molecular complexity index is 707. The fourth-order valence-electron chi connectivity index (χ4n) is 2.87. The number of hydrogen-bond donors (Lipinski definition) is 1. The normalized spacial score (nSPS) is 11.3. The Kier molecular flexibility index (Phi) is 4.42. The summed E-state index contributed by atoms with van der Waals surface area (Å²) in [5.74, 6) is 0. The molecule has 0 saturated heterocycles. The second-order valence-corrected chi connectivity index (χ2v) is 5.79. The van der Waals surface area contributed by atoms with Gasteiger partial charge in [-0.25, -0.2) is 0 Å². The van der Waals surface area contributed by atoms with E-state index >= 15 is 0 Å². The zero-order valence-electron chi connectivity index (χ0n) is 12.3. The van der Waals surface area contributed by atoms with E-state index in [1.807, 2.05) is 0 Å². The molecule has 0 atom stereocenters. The maximum atomic E-state index is 6.61. The Balaban J connectivity index is 2.15. The first kappa shape index (κ1) is 14.4. The first-order valence-corrected chi connectivity index (χ1v) is 7.99. The minimum Gasteiger partial charge on any atom is -0.313 e. The summed E-state index contributed by atoms with van der Waals surface area (Å²) in [6, 6.07) is 16.8. The van der Waals surface area contributed by atoms with Crippen LogP contribution in [0.2, 0.25) is 5.02 Å². The third-order valence-electron chi connectivity index (χ3n) is 3.99. The summed E-state index contributed by atoms with van der Waals surface area (Å²) in [5.41, 5.74) is 1.35. The zero-order chi connectivity index (χ0) is 14.7. The molecule has 0 aliphatic carbocycles. The molecule has 21 heavy (non-hydrogen) atoms. The first-order valence-electron chi connectivity index (χ1n) is 7.61. The summed E-state index contributed by atoms with van der Waals surface area (Å²) >= 11 is 6.61. The van der Waals surface area contributed by atoms with Gasteiger partial charge in [0.05, 0.1) is 5.02 Å². The van der Waals surface area contributed by atoms with E-state index in [0.29, 0.717) is 0 Å². The molecule has 0 aliphatic rings. The molecule has 3 aromatic carbocycles. The smallest absolute Gasteiger partial charge is 0.0562 e. The quantitative estimate of drug-likeness (QED) is 0.482. The lowest BCUT2D eigenvalue weighted by Gasteiger charge is -2.14. The van der Waals surface area contributed by atoms with Gasteiger partial charge in [-0.2, -0.15) is 0 Å². The average molecular weight is 298 g/mol. The number of fused-ring (bicyclic) bond motifs is 2. The highest BCUT2D eigenvalue weighted by molar-refractivity contribution is 6.41. The highest BCUT2D eigenvalue weighted by Crippen LogP contribution is 2.35. The number of halogens is 1. The van der Waals surface area contributed by atoms with E-state index in [2.05, 4.69) is 60.8 Å². The summed E-state index contributed by atoms with van der Waals surface area (Å²) in [6.07, 6.45) is 2.43. The molecule has 0 fully saturated rings. The molecule has 2 heteroatoms. The van der Waals surface area contributed by atoms with Crippen LogP contribution in [0.4, 0.5) is 0 Å². The number of hydrogen-bond acceptors (Lipinski definition) is 1. The van der Waals surface area contributed by atoms with Crippen molar-refractivity contribution in [2.24, 2.45) is 0 Å². The Morgan fingerprint density at radius 2 is 1.38 bits per heavy atom. The average Bonchev–Trinajstić information content (AvgIpc) is 2.54. The van der Waals surface area contributed by atoms with Gasteiger partial charge < -0.3 is 5.32 Å². The van der Waals surface area contributed by atoms with Crippen molar-refractivity contribution < 1.29 is 0 Å². The first-order chi connectivity index (χ1) is 10.3. The molecule has 0 heterocycles. The van der Waals surface area contributed by atoms with Gasteiger partial charge in [-0.15, -0.1) is 0 Å². The van der Waals surface area contributed by atoms with Crippen LogP contribution in [0.15, 0.2) is 48.5 Å². The van der Waals surface area contributed by atoms with E-state index in [1.54, 1.807) is 0 Å². The van der Waals surface area contributed by atoms with Crippen LogP contribution in [0, 0.1) is 0 Å². The Morgan fingerprint density at radius 1 is 0.857 bits per heavy atom. The Hall–Kier alpha value is -1.57. The molecule has 0 radical (unpaired) electrons. The van der Waals surface area contributed by atoms with Crippen molar-refractivity contribution >= 4 is 33.1 Å². The molecule has 0 aromatic heterocycles. The third-order valence-corrected chi connectivity index (χ3v) is 4.39. The topological polar surface area (TPSA) is 12.0 Å². The summed E-state index contributed by atoms with van der Waals surface area (Å²) in [7, 11) is 0. The monoisotopic (exact) mass is 297 g/mol. The second-order valence-electron chi connectivity index (χ2n) is 5.41. The van der Waals surface area contributed by atoms with Crippen molar-refractivity contribution in [2.75, 3.05) is 6.54 Å². The molecule has 0 aliphatic heterocycles. The Morgan fingerprint density at radius 3 is 1.90 bits per heavy atom. The maximum absolute atomic E-state index is 6.61. The summed E-state index contributed by atoms with van der Waals surface area (Å²) in [6.45, 7) is 4.16. The number of unbranched alkanes of at least 4 members (excludes halogenated alkanes) is 1. The van der Waals surface area contributed by atoms with Gasteiger partial charge in [-0.1, -0.05) is 73.5 Å². The molecule has 0 unspecified atom stereocenters. The molecular formula is C19H20ClN. The molecule has 1 N–H and O–H groups in total. The van der Waals surface area contributed by atoms with Gasteiger partial charge >= 0.3 is 0 Å². The van der Waals surface area contributed by atoms with Gasteiger partial charge in [0.15, 0.2) is 0 Å². The minimum atomic E-state index is 0.860. The standard InChI is InChI=1S/C19H20ClN/c1-2-3-12-21-13-18-14-8-4-6-10-16(14)19(20)17-11-7-5-9-15(17)18/h4-11,21H,2-3,12-13H2,1H3. The van der Waals surface area contributed by atoms with Crippen LogP contribution in [0.1, 0.15) is 25.3 Å². The SMILES string of the molecule is CCCCNCc1c2ccccc2c(Cl)c2ccccc12. The van der Waals surface area contributed by atoms with Crippen LogP contribution in [0.5, 0.6) is 0 Å². The van der Waals surface area contributed by atoms with Crippen molar-refractivity contribution in [2.45, 2.75) is 26.3 Å². The number of benzene rings is 3. The van der Waals surface area contributed by atoms with E-state index in [4.69, 9.17) is 11.6 Å². The van der Waals surface area contributed by atoms with Gasteiger partial charge in [0.25, 0.3) is 0 Å². The lowest BCUT2D eigenvalue weighted by molar-refractivity contribution is 0.645. The van der Waals surface area contributed by atoms with Crippen LogP contribution < -0.4 is 5.32 Å². The van der Waals surface area contributed by atoms with Crippen LogP contribution >= 0.6 is 11.6 Å². The largest absolute Gasteiger partial charge is 0.313 e. The van der Waals surface area contributed by atoms with Crippen LogP contribution in [-0.2, 0) is 6.54 Å². The van der Waals surface area contributed by atoms with E-state index in [-0.39, 0.29) is 0 Å². The molecule has 0 saturated carbocycles. The van der Waals surface area contributed by atoms with Crippen molar-refractivity contribution in [3.05, 3.63) is 59.1 Å². The molecule has 0 amide bonds. The van der Waals surface area contributed by atoms with Crippen molar-refractivity contribution in [3.8, 4) is 0 Å². The number of nitrogens with one attached hydrogen (secondary N) is 1. The van der Waals surface area contributed by atoms with E-state index in [1.165, 1.54) is 29.2 Å². The molecule has 1 nitrogen and oxygen atoms in total. The highest BCUT2D eigenvalue weighted by Gasteiger charge is 2.11. The van der Waals surface area contributed by atoms with Crippen molar-refractivity contribution in [3.63, 3.8) is 0 Å².